The Balaban J connectivity index is 5.15. The Labute approximate surface area is 562 Å². The van der Waals surface area contributed by atoms with Gasteiger partial charge in [-0.1, -0.05) is 0 Å². The number of halogens is 4. The van der Waals surface area contributed by atoms with Crippen LogP contribution in [0.5, 0.6) is 0 Å². The quantitative estimate of drug-likeness (QED) is 0.0187. The fraction of sp³-hybridized carbons (Fsp3) is 1.00. The van der Waals surface area contributed by atoms with Gasteiger partial charge in [-0.25, -0.2) is 45.7 Å². The van der Waals surface area contributed by atoms with Crippen molar-refractivity contribution in [3.8, 4) is 0 Å². The van der Waals surface area contributed by atoms with E-state index >= 15 is 0 Å². The summed E-state index contributed by atoms with van der Waals surface area (Å²) >= 11 is 0. The van der Waals surface area contributed by atoms with Crippen LogP contribution in [-0.2, 0) is 127 Å². The summed E-state index contributed by atoms with van der Waals surface area (Å²) in [5.41, 5.74) is 32.4. The SMILES string of the molecule is NCC(COP(=O)(O)O)COP(=O)(O)OCC(CNF)COP(=O)(O)OCC(CN)COP(=O)(O)OCC(CNF)COP(=O)(O)OCC(CN)COP(=O)(O)OCC(CNF)COP(=O)(O)OCC(CN)COP(=O)(O)OCC(CNF)COP(=O)(O)OCC(CN)COP(=O)(O)O. The summed E-state index contributed by atoms with van der Waals surface area (Å²) in [6.45, 7) is -20.0. The number of hydrogen-bond acceptors (Lipinski definition) is 37. The van der Waals surface area contributed by atoms with Crippen LogP contribution in [0.4, 0.5) is 17.9 Å². The summed E-state index contributed by atoms with van der Waals surface area (Å²) < 4.78 is 260. The molecule has 16 atom stereocenters. The molecule has 0 bridgehead atoms. The van der Waals surface area contributed by atoms with E-state index in [1.807, 2.05) is 0 Å². The second-order valence-electron chi connectivity index (χ2n) is 20.4. The zero-order valence-corrected chi connectivity index (χ0v) is 60.9. The van der Waals surface area contributed by atoms with Crippen LogP contribution >= 0.6 is 78.2 Å². The van der Waals surface area contributed by atoms with Crippen molar-refractivity contribution in [1.82, 2.24) is 22.2 Å². The lowest BCUT2D eigenvalue weighted by Gasteiger charge is -2.23. The summed E-state index contributed by atoms with van der Waals surface area (Å²) in [5.74, 6) is -10.9. The molecule has 0 spiro atoms. The molecule has 0 heterocycles. The Morgan fingerprint density at radius 1 is 0.212 bits per heavy atom. The minimum Gasteiger partial charge on any atom is -0.330 e. The molecule has 63 heteroatoms. The van der Waals surface area contributed by atoms with E-state index in [9.17, 15) is 103 Å². The van der Waals surface area contributed by atoms with Crippen LogP contribution in [0.2, 0.25) is 0 Å². The first-order valence-corrected chi connectivity index (χ1v) is 43.0. The van der Waals surface area contributed by atoms with E-state index in [2.05, 4.69) is 9.05 Å². The summed E-state index contributed by atoms with van der Waals surface area (Å²) in [4.78, 5) is 117. The molecule has 26 N–H and O–H groups in total. The lowest BCUT2D eigenvalue weighted by molar-refractivity contribution is 0.0627. The minimum absolute atomic E-state index is 0.321. The lowest BCUT2D eigenvalue weighted by atomic mass is 10.2. The summed E-state index contributed by atoms with van der Waals surface area (Å²) in [7, 11) is -50.5. The molecule has 0 aromatic rings. The van der Waals surface area contributed by atoms with Crippen LogP contribution in [0.15, 0.2) is 0 Å². The molecule has 0 aliphatic heterocycles. The standard InChI is InChI=1S/C36H89F4N9O40P10/c37-46-6-33(20-82-92(56,57)74-12-28(1-41)10-72-90(50,51)52)22-84-94(60,61)76-14-30(3-43)16-78-96(64,65)86-24-35(8-48-39)26-88-98(68,69)80-18-32(5-45)19-81-99(70,71)89-27-36(9-49-40)25-87-97(66,67)79-17-31(4-44)15-77-95(62,63)85-23-34(7-47-38)21-83-93(58,59)75-13-29(2-42)11-73-91(53,54)55/h28-36,46-49H,1-27,41-45H2,(H,56,57)(H,58,59)(H,60,61)(H,62,63)(H,64,65)(H,66,67)(H,68,69)(H,70,71)(H2,50,51,52)(H2,53,54,55). The maximum Gasteiger partial charge on any atom is 0.472 e. The highest BCUT2D eigenvalue weighted by Gasteiger charge is 2.36. The second kappa shape index (κ2) is 50.2. The van der Waals surface area contributed by atoms with E-state index in [1.54, 1.807) is 0 Å². The van der Waals surface area contributed by atoms with Crippen LogP contribution in [0.25, 0.3) is 0 Å². The zero-order chi connectivity index (χ0) is 75.8. The van der Waals surface area contributed by atoms with E-state index in [0.29, 0.717) is 0 Å². The van der Waals surface area contributed by atoms with Gasteiger partial charge in [0, 0.05) is 79.4 Å². The second-order valence-corrected chi connectivity index (χ2v) is 34.5. The van der Waals surface area contributed by atoms with Crippen molar-refractivity contribution in [2.45, 2.75) is 0 Å². The Kier molecular flexibility index (Phi) is 50.5. The van der Waals surface area contributed by atoms with Gasteiger partial charge in [-0.3, -0.25) is 81.4 Å². The van der Waals surface area contributed by atoms with Crippen molar-refractivity contribution in [3.05, 3.63) is 0 Å². The third kappa shape index (κ3) is 53.8. The van der Waals surface area contributed by atoms with Crippen molar-refractivity contribution >= 4 is 78.2 Å². The molecule has 0 saturated carbocycles. The maximum absolute atomic E-state index is 13.2. The van der Waals surface area contributed by atoms with Crippen molar-refractivity contribution in [2.75, 3.05) is 178 Å². The maximum atomic E-state index is 13.2. The molecule has 0 amide bonds. The van der Waals surface area contributed by atoms with Crippen molar-refractivity contribution in [2.24, 2.45) is 81.9 Å². The molecule has 16 unspecified atom stereocenters. The van der Waals surface area contributed by atoms with Crippen LogP contribution in [0.1, 0.15) is 0 Å². The van der Waals surface area contributed by atoms with Gasteiger partial charge in [0.25, 0.3) is 0 Å². The molecular formula is C36H89F4N9O40P10. The monoisotopic (exact) mass is 1670 g/mol. The normalized spacial score (nSPS) is 20.4. The first-order valence-electron chi connectivity index (χ1n) is 27.9. The highest BCUT2D eigenvalue weighted by atomic mass is 31.2. The zero-order valence-electron chi connectivity index (χ0n) is 52.0. The number of nitrogens with one attached hydrogen (secondary N) is 4. The molecular weight excluding hydrogens is 1580 g/mol. The van der Waals surface area contributed by atoms with Gasteiger partial charge in [0.05, 0.1) is 119 Å². The predicted molar refractivity (Wildman–Crippen MR) is 323 cm³/mol. The van der Waals surface area contributed by atoms with Gasteiger partial charge in [0.1, 0.15) is 0 Å². The summed E-state index contributed by atoms with van der Waals surface area (Å²) in [5, 5.41) is 0. The summed E-state index contributed by atoms with van der Waals surface area (Å²) in [6.07, 6.45) is 0. The van der Waals surface area contributed by atoms with Crippen LogP contribution in [-0.4, -0.2) is 237 Å². The van der Waals surface area contributed by atoms with E-state index in [0.717, 1.165) is 0 Å². The number of hydrogen-bond donors (Lipinski definition) is 21. The Morgan fingerprint density at radius 3 is 0.404 bits per heavy atom. The molecule has 0 fully saturated rings. The van der Waals surface area contributed by atoms with Gasteiger partial charge < -0.3 is 87.4 Å². The fourth-order valence-corrected chi connectivity index (χ4v) is 13.7. The molecule has 0 radical (unpaired) electrons. The highest BCUT2D eigenvalue weighted by Crippen LogP contribution is 2.52. The molecule has 0 aliphatic carbocycles. The molecule has 99 heavy (non-hydrogen) atoms. The van der Waals surface area contributed by atoms with Gasteiger partial charge in [0.15, 0.2) is 0 Å². The highest BCUT2D eigenvalue weighted by molar-refractivity contribution is 7.49. The predicted octanol–water partition coefficient (Wildman–Crippen LogP) is -1.49. The number of phosphoric acid groups is 10. The van der Waals surface area contributed by atoms with E-state index in [-0.39, 0.29) is 13.1 Å². The average molecular weight is 1670 g/mol. The van der Waals surface area contributed by atoms with Crippen molar-refractivity contribution in [3.63, 3.8) is 0 Å². The Bertz CT molecular complexity index is 2570. The smallest absolute Gasteiger partial charge is 0.330 e. The van der Waals surface area contributed by atoms with Crippen LogP contribution < -0.4 is 50.8 Å². The summed E-state index contributed by atoms with van der Waals surface area (Å²) in [6, 6.07) is 0. The van der Waals surface area contributed by atoms with Crippen LogP contribution in [0.3, 0.4) is 0 Å². The Hall–Kier alpha value is 0.460. The Morgan fingerprint density at radius 2 is 0.313 bits per heavy atom. The van der Waals surface area contributed by atoms with Crippen molar-refractivity contribution < 1.29 is 204 Å². The largest absolute Gasteiger partial charge is 0.472 e. The average Bonchev–Trinajstić information content (AvgIpc) is 0.924. The molecule has 0 aliphatic rings. The molecule has 0 aromatic carbocycles. The molecule has 0 aromatic heterocycles. The lowest BCUT2D eigenvalue weighted by Crippen LogP contribution is -2.28. The third-order valence-electron chi connectivity index (χ3n) is 11.7. The molecule has 49 nitrogen and oxygen atoms in total. The first-order chi connectivity index (χ1) is 45.8. The van der Waals surface area contributed by atoms with Gasteiger partial charge >= 0.3 is 78.2 Å². The van der Waals surface area contributed by atoms with Gasteiger partial charge in [-0.15, -0.1) is 17.9 Å². The van der Waals surface area contributed by atoms with Gasteiger partial charge in [-0.2, -0.15) is 22.2 Å². The van der Waals surface area contributed by atoms with Crippen LogP contribution in [0, 0.1) is 53.3 Å². The fourth-order valence-electron chi connectivity index (χ4n) is 5.92. The van der Waals surface area contributed by atoms with Crippen molar-refractivity contribution in [1.29, 1.82) is 0 Å². The number of rotatable bonds is 67. The van der Waals surface area contributed by atoms with Gasteiger partial charge in [0.2, 0.25) is 0 Å². The topological polar surface area (TPSA) is 758 Å². The number of nitrogens with two attached hydrogens (primary N) is 5. The molecule has 0 saturated heterocycles. The van der Waals surface area contributed by atoms with E-state index < -0.39 is 296 Å². The minimum atomic E-state index is -5.15. The van der Waals surface area contributed by atoms with E-state index in [1.165, 1.54) is 22.2 Å². The van der Waals surface area contributed by atoms with Gasteiger partial charge in [-0.05, 0) is 32.7 Å². The molecule has 596 valence electrons. The third-order valence-corrected chi connectivity index (χ3v) is 20.2. The molecule has 0 rings (SSSR count). The van der Waals surface area contributed by atoms with E-state index in [4.69, 9.17) is 121 Å². The number of phosphoric ester groups is 10. The first kappa shape index (κ1) is 99.5.